The van der Waals surface area contributed by atoms with Crippen LogP contribution in [0.5, 0.6) is 0 Å². The molecule has 0 heterocycles. The van der Waals surface area contributed by atoms with E-state index in [0.29, 0.717) is 18.7 Å². The van der Waals surface area contributed by atoms with Gasteiger partial charge in [0, 0.05) is 12.1 Å². The van der Waals surface area contributed by atoms with Crippen molar-refractivity contribution in [3.8, 4) is 0 Å². The molecule has 0 spiro atoms. The molecule has 0 atom stereocenters. The summed E-state index contributed by atoms with van der Waals surface area (Å²) in [6.07, 6.45) is 19.2. The highest BCUT2D eigenvalue weighted by Crippen LogP contribution is 2.13. The van der Waals surface area contributed by atoms with Crippen molar-refractivity contribution in [2.24, 2.45) is 0 Å². The van der Waals surface area contributed by atoms with E-state index < -0.39 is 0 Å². The number of carbonyl (C=O) groups excluding carboxylic acids is 1. The minimum absolute atomic E-state index is 0.0133. The van der Waals surface area contributed by atoms with Crippen LogP contribution in [0.4, 0.5) is 0 Å². The molecule has 0 unspecified atom stereocenters. The Hall–Kier alpha value is -1.35. The lowest BCUT2D eigenvalue weighted by molar-refractivity contribution is -0.125. The Labute approximate surface area is 180 Å². The standard InChI is InChI=1S/C26H45NO2/c1-3-5-7-8-9-10-11-12-13-14-15-20-24-29-27(23-19-6-4-2)26(28)25-21-17-16-18-22-25/h16-18,21-22H,3-15,19-20,23-24H2,1-2H3. The largest absolute Gasteiger partial charge is 0.277 e. The fraction of sp³-hybridized carbons (Fsp3) is 0.731. The first kappa shape index (κ1) is 25.7. The molecule has 0 bridgehead atoms. The van der Waals surface area contributed by atoms with E-state index in [1.54, 1.807) is 5.06 Å². The zero-order valence-corrected chi connectivity index (χ0v) is 19.2. The number of benzene rings is 1. The van der Waals surface area contributed by atoms with Crippen molar-refractivity contribution in [1.29, 1.82) is 0 Å². The van der Waals surface area contributed by atoms with Gasteiger partial charge in [0.2, 0.25) is 0 Å². The summed E-state index contributed by atoms with van der Waals surface area (Å²) in [6, 6.07) is 9.47. The van der Waals surface area contributed by atoms with E-state index in [-0.39, 0.29) is 5.91 Å². The zero-order valence-electron chi connectivity index (χ0n) is 19.2. The van der Waals surface area contributed by atoms with Gasteiger partial charge in [-0.25, -0.2) is 5.06 Å². The molecular weight excluding hydrogens is 358 g/mol. The molecule has 1 aromatic rings. The van der Waals surface area contributed by atoms with Crippen LogP contribution in [-0.4, -0.2) is 24.1 Å². The van der Waals surface area contributed by atoms with Crippen LogP contribution in [0.15, 0.2) is 30.3 Å². The molecule has 166 valence electrons. The monoisotopic (exact) mass is 403 g/mol. The van der Waals surface area contributed by atoms with Crippen molar-refractivity contribution in [3.63, 3.8) is 0 Å². The Morgan fingerprint density at radius 2 is 1.17 bits per heavy atom. The molecule has 0 fully saturated rings. The number of hydrogen-bond donors (Lipinski definition) is 0. The Kier molecular flexibility index (Phi) is 16.5. The van der Waals surface area contributed by atoms with Crippen LogP contribution in [0.2, 0.25) is 0 Å². The summed E-state index contributed by atoms with van der Waals surface area (Å²) in [4.78, 5) is 18.6. The van der Waals surface area contributed by atoms with Gasteiger partial charge in [-0.1, -0.05) is 116 Å². The van der Waals surface area contributed by atoms with E-state index in [4.69, 9.17) is 4.84 Å². The van der Waals surface area contributed by atoms with E-state index in [9.17, 15) is 4.79 Å². The second-order valence-electron chi connectivity index (χ2n) is 8.20. The van der Waals surface area contributed by atoms with Crippen LogP contribution in [0.3, 0.4) is 0 Å². The summed E-state index contributed by atoms with van der Waals surface area (Å²) in [6.45, 7) is 5.77. The number of carbonyl (C=O) groups is 1. The quantitative estimate of drug-likeness (QED) is 0.173. The number of amides is 1. The Balaban J connectivity index is 2.11. The van der Waals surface area contributed by atoms with Crippen molar-refractivity contribution in [1.82, 2.24) is 5.06 Å². The molecule has 29 heavy (non-hydrogen) atoms. The molecule has 3 nitrogen and oxygen atoms in total. The first-order valence-electron chi connectivity index (χ1n) is 12.3. The van der Waals surface area contributed by atoms with Crippen LogP contribution in [0.25, 0.3) is 0 Å². The predicted octanol–water partition coefficient (Wildman–Crippen LogP) is 7.95. The highest BCUT2D eigenvalue weighted by Gasteiger charge is 2.15. The molecule has 0 radical (unpaired) electrons. The smallest absolute Gasteiger partial charge is 0.271 e. The van der Waals surface area contributed by atoms with Gasteiger partial charge in [0.05, 0.1) is 6.61 Å². The minimum Gasteiger partial charge on any atom is -0.271 e. The van der Waals surface area contributed by atoms with E-state index in [2.05, 4.69) is 13.8 Å². The van der Waals surface area contributed by atoms with Crippen molar-refractivity contribution >= 4 is 5.91 Å². The molecule has 0 aliphatic rings. The molecular formula is C26H45NO2. The summed E-state index contributed by atoms with van der Waals surface area (Å²) >= 11 is 0. The number of unbranched alkanes of at least 4 members (excludes halogenated alkanes) is 13. The second kappa shape index (κ2) is 18.7. The number of hydrogen-bond acceptors (Lipinski definition) is 2. The summed E-state index contributed by atoms with van der Waals surface area (Å²) < 4.78 is 0. The van der Waals surface area contributed by atoms with E-state index >= 15 is 0 Å². The number of rotatable bonds is 19. The van der Waals surface area contributed by atoms with Gasteiger partial charge in [0.1, 0.15) is 0 Å². The summed E-state index contributed by atoms with van der Waals surface area (Å²) in [7, 11) is 0. The van der Waals surface area contributed by atoms with Crippen molar-refractivity contribution < 1.29 is 9.63 Å². The van der Waals surface area contributed by atoms with Gasteiger partial charge in [-0.3, -0.25) is 9.63 Å². The lowest BCUT2D eigenvalue weighted by Crippen LogP contribution is -2.32. The van der Waals surface area contributed by atoms with Crippen molar-refractivity contribution in [2.75, 3.05) is 13.2 Å². The average molecular weight is 404 g/mol. The second-order valence-corrected chi connectivity index (χ2v) is 8.20. The van der Waals surface area contributed by atoms with Crippen LogP contribution >= 0.6 is 0 Å². The van der Waals surface area contributed by atoms with E-state index in [0.717, 1.165) is 25.7 Å². The van der Waals surface area contributed by atoms with Gasteiger partial charge in [-0.2, -0.15) is 0 Å². The Morgan fingerprint density at radius 1 is 0.690 bits per heavy atom. The average Bonchev–Trinajstić information content (AvgIpc) is 2.76. The zero-order chi connectivity index (χ0) is 21.0. The lowest BCUT2D eigenvalue weighted by atomic mass is 10.1. The Bertz CT molecular complexity index is 489. The van der Waals surface area contributed by atoms with Crippen LogP contribution < -0.4 is 0 Å². The van der Waals surface area contributed by atoms with Gasteiger partial charge >= 0.3 is 0 Å². The fourth-order valence-electron chi connectivity index (χ4n) is 3.57. The first-order valence-corrected chi connectivity index (χ1v) is 12.3. The highest BCUT2D eigenvalue weighted by atomic mass is 16.7. The fourth-order valence-corrected chi connectivity index (χ4v) is 3.57. The summed E-state index contributed by atoms with van der Waals surface area (Å²) in [5.41, 5.74) is 0.707. The lowest BCUT2D eigenvalue weighted by Gasteiger charge is -2.22. The van der Waals surface area contributed by atoms with E-state index in [1.807, 2.05) is 30.3 Å². The van der Waals surface area contributed by atoms with Gasteiger partial charge in [-0.15, -0.1) is 0 Å². The summed E-state index contributed by atoms with van der Waals surface area (Å²) in [5.74, 6) is -0.0133. The van der Waals surface area contributed by atoms with Gasteiger partial charge in [0.15, 0.2) is 0 Å². The Morgan fingerprint density at radius 3 is 1.72 bits per heavy atom. The number of hydroxylamine groups is 2. The minimum atomic E-state index is -0.0133. The molecule has 0 saturated carbocycles. The van der Waals surface area contributed by atoms with Crippen LogP contribution in [0.1, 0.15) is 121 Å². The third kappa shape index (κ3) is 13.5. The maximum absolute atomic E-state index is 12.7. The van der Waals surface area contributed by atoms with Gasteiger partial charge in [0.25, 0.3) is 5.91 Å². The van der Waals surface area contributed by atoms with Crippen molar-refractivity contribution in [2.45, 2.75) is 110 Å². The molecule has 3 heteroatoms. The number of nitrogens with zero attached hydrogens (tertiary/aromatic N) is 1. The summed E-state index contributed by atoms with van der Waals surface area (Å²) in [5, 5.41) is 1.59. The first-order chi connectivity index (χ1) is 14.3. The highest BCUT2D eigenvalue weighted by molar-refractivity contribution is 5.93. The molecule has 0 aliphatic carbocycles. The maximum Gasteiger partial charge on any atom is 0.277 e. The predicted molar refractivity (Wildman–Crippen MR) is 124 cm³/mol. The molecule has 0 aromatic heterocycles. The third-order valence-corrected chi connectivity index (χ3v) is 5.46. The SMILES string of the molecule is CCCCCCCCCCCCCCON(CCCCC)C(=O)c1ccccc1. The molecule has 1 amide bonds. The molecule has 0 aliphatic heterocycles. The molecule has 1 aromatic carbocycles. The normalized spacial score (nSPS) is 11.0. The maximum atomic E-state index is 12.7. The van der Waals surface area contributed by atoms with Gasteiger partial charge < -0.3 is 0 Å². The topological polar surface area (TPSA) is 29.5 Å². The van der Waals surface area contributed by atoms with Crippen LogP contribution in [0, 0.1) is 0 Å². The van der Waals surface area contributed by atoms with E-state index in [1.165, 1.54) is 70.6 Å². The van der Waals surface area contributed by atoms with Gasteiger partial charge in [-0.05, 0) is 25.0 Å². The molecule has 0 saturated heterocycles. The molecule has 1 rings (SSSR count). The molecule has 0 N–H and O–H groups in total. The third-order valence-electron chi connectivity index (χ3n) is 5.46. The van der Waals surface area contributed by atoms with Crippen molar-refractivity contribution in [3.05, 3.63) is 35.9 Å². The van der Waals surface area contributed by atoms with Crippen LogP contribution in [-0.2, 0) is 4.84 Å².